The monoisotopic (exact) mass is 288 g/mol. The summed E-state index contributed by atoms with van der Waals surface area (Å²) in [6, 6.07) is 10.4. The number of hydrogen-bond acceptors (Lipinski definition) is 2. The Bertz CT molecular complexity index is 570. The van der Waals surface area contributed by atoms with E-state index in [4.69, 9.17) is 17.3 Å². The Balaban J connectivity index is 2.13. The van der Waals surface area contributed by atoms with Crippen molar-refractivity contribution in [3.63, 3.8) is 0 Å². The lowest BCUT2D eigenvalue weighted by molar-refractivity contribution is 0.589. The normalized spacial score (nSPS) is 13.2. The van der Waals surface area contributed by atoms with E-state index in [1.807, 2.05) is 6.07 Å². The fraction of sp³-hybridized carbons (Fsp3) is 0.353. The smallest absolute Gasteiger partial charge is 0.0637 e. The summed E-state index contributed by atoms with van der Waals surface area (Å²) in [5.41, 5.74) is 9.91. The second-order valence-electron chi connectivity index (χ2n) is 6.15. The van der Waals surface area contributed by atoms with Gasteiger partial charge in [0.25, 0.3) is 0 Å². The van der Waals surface area contributed by atoms with Crippen LogP contribution in [0.1, 0.15) is 43.5 Å². The largest absolute Gasteiger partial charge is 0.324 e. The second-order valence-corrected chi connectivity index (χ2v) is 6.56. The zero-order valence-corrected chi connectivity index (χ0v) is 13.0. The molecule has 0 aliphatic heterocycles. The number of aromatic nitrogens is 1. The first kappa shape index (κ1) is 15.0. The molecular formula is C17H21ClN2. The topological polar surface area (TPSA) is 38.9 Å². The first-order chi connectivity index (χ1) is 9.38. The number of pyridine rings is 1. The highest BCUT2D eigenvalue weighted by atomic mass is 35.5. The highest BCUT2D eigenvalue weighted by Gasteiger charge is 2.14. The van der Waals surface area contributed by atoms with Gasteiger partial charge in [0.15, 0.2) is 0 Å². The third kappa shape index (κ3) is 3.59. The van der Waals surface area contributed by atoms with E-state index in [2.05, 4.69) is 50.0 Å². The van der Waals surface area contributed by atoms with Crippen molar-refractivity contribution in [2.45, 2.75) is 38.6 Å². The fourth-order valence-corrected chi connectivity index (χ4v) is 2.45. The lowest BCUT2D eigenvalue weighted by Gasteiger charge is -2.20. The number of halogens is 1. The maximum atomic E-state index is 6.24. The molecule has 0 bridgehead atoms. The Morgan fingerprint density at radius 3 is 2.35 bits per heavy atom. The molecule has 0 aliphatic carbocycles. The SMILES string of the molecule is CC(C)(C)c1ccc(CC(N)c2ccncc2Cl)cc1. The van der Waals surface area contributed by atoms with E-state index in [9.17, 15) is 0 Å². The number of hydrogen-bond donors (Lipinski definition) is 1. The van der Waals surface area contributed by atoms with Gasteiger partial charge >= 0.3 is 0 Å². The molecule has 2 aromatic rings. The fourth-order valence-electron chi connectivity index (χ4n) is 2.19. The lowest BCUT2D eigenvalue weighted by atomic mass is 9.86. The molecule has 1 unspecified atom stereocenters. The van der Waals surface area contributed by atoms with Crippen molar-refractivity contribution in [3.8, 4) is 0 Å². The summed E-state index contributed by atoms with van der Waals surface area (Å²) in [6.45, 7) is 6.64. The molecule has 106 valence electrons. The third-order valence-corrected chi connectivity index (χ3v) is 3.79. The van der Waals surface area contributed by atoms with Gasteiger partial charge in [-0.05, 0) is 34.6 Å². The van der Waals surface area contributed by atoms with Crippen LogP contribution < -0.4 is 5.73 Å². The van der Waals surface area contributed by atoms with Crippen LogP contribution in [0.5, 0.6) is 0 Å². The number of benzene rings is 1. The minimum absolute atomic E-state index is 0.106. The quantitative estimate of drug-likeness (QED) is 0.916. The molecule has 3 heteroatoms. The van der Waals surface area contributed by atoms with E-state index < -0.39 is 0 Å². The van der Waals surface area contributed by atoms with Crippen molar-refractivity contribution >= 4 is 11.6 Å². The predicted molar refractivity (Wildman–Crippen MR) is 85.0 cm³/mol. The van der Waals surface area contributed by atoms with Gasteiger partial charge in [0.1, 0.15) is 0 Å². The van der Waals surface area contributed by atoms with E-state index in [1.165, 1.54) is 11.1 Å². The molecule has 1 atom stereocenters. The molecule has 0 spiro atoms. The molecule has 0 fully saturated rings. The van der Waals surface area contributed by atoms with Crippen LogP contribution in [0.3, 0.4) is 0 Å². The standard InChI is InChI=1S/C17H21ClN2/c1-17(2,3)13-6-4-12(5-7-13)10-16(19)14-8-9-20-11-15(14)18/h4-9,11,16H,10,19H2,1-3H3. The Morgan fingerprint density at radius 1 is 1.15 bits per heavy atom. The third-order valence-electron chi connectivity index (χ3n) is 3.48. The van der Waals surface area contributed by atoms with Gasteiger partial charge in [0, 0.05) is 18.4 Å². The molecule has 2 N–H and O–H groups in total. The van der Waals surface area contributed by atoms with Crippen molar-refractivity contribution in [2.75, 3.05) is 0 Å². The van der Waals surface area contributed by atoms with Gasteiger partial charge in [-0.15, -0.1) is 0 Å². The van der Waals surface area contributed by atoms with E-state index >= 15 is 0 Å². The molecule has 0 amide bonds. The highest BCUT2D eigenvalue weighted by Crippen LogP contribution is 2.25. The summed E-state index contributed by atoms with van der Waals surface area (Å²) >= 11 is 6.13. The summed E-state index contributed by atoms with van der Waals surface area (Å²) in [5.74, 6) is 0. The van der Waals surface area contributed by atoms with Gasteiger partial charge in [0.2, 0.25) is 0 Å². The number of rotatable bonds is 3. The van der Waals surface area contributed by atoms with Gasteiger partial charge in [-0.1, -0.05) is 56.6 Å². The van der Waals surface area contributed by atoms with Crippen LogP contribution in [0.4, 0.5) is 0 Å². The van der Waals surface area contributed by atoms with Crippen molar-refractivity contribution in [2.24, 2.45) is 5.73 Å². The summed E-state index contributed by atoms with van der Waals surface area (Å²) < 4.78 is 0. The van der Waals surface area contributed by atoms with Gasteiger partial charge in [-0.3, -0.25) is 4.98 Å². The molecule has 2 nitrogen and oxygen atoms in total. The van der Waals surface area contributed by atoms with Gasteiger partial charge in [-0.25, -0.2) is 0 Å². The summed E-state index contributed by atoms with van der Waals surface area (Å²) in [5, 5.41) is 0.631. The minimum Gasteiger partial charge on any atom is -0.324 e. The maximum Gasteiger partial charge on any atom is 0.0637 e. The van der Waals surface area contributed by atoms with E-state index in [0.29, 0.717) is 5.02 Å². The molecule has 0 saturated heterocycles. The minimum atomic E-state index is -0.106. The molecule has 0 radical (unpaired) electrons. The molecule has 2 rings (SSSR count). The molecule has 1 heterocycles. The number of nitrogens with zero attached hydrogens (tertiary/aromatic N) is 1. The molecular weight excluding hydrogens is 268 g/mol. The predicted octanol–water partition coefficient (Wildman–Crippen LogP) is 4.28. The van der Waals surface area contributed by atoms with E-state index in [-0.39, 0.29) is 11.5 Å². The lowest BCUT2D eigenvalue weighted by Crippen LogP contribution is -2.15. The molecule has 0 aliphatic rings. The van der Waals surface area contributed by atoms with Crippen molar-refractivity contribution in [1.29, 1.82) is 0 Å². The summed E-state index contributed by atoms with van der Waals surface area (Å²) in [6.07, 6.45) is 4.14. The van der Waals surface area contributed by atoms with Crippen LogP contribution >= 0.6 is 11.6 Å². The average molecular weight is 289 g/mol. The Morgan fingerprint density at radius 2 is 1.80 bits per heavy atom. The second kappa shape index (κ2) is 5.94. The van der Waals surface area contributed by atoms with Gasteiger partial charge in [-0.2, -0.15) is 0 Å². The zero-order valence-electron chi connectivity index (χ0n) is 12.2. The van der Waals surface area contributed by atoms with Gasteiger partial charge < -0.3 is 5.73 Å². The van der Waals surface area contributed by atoms with Gasteiger partial charge in [0.05, 0.1) is 5.02 Å². The Kier molecular flexibility index (Phi) is 4.46. The first-order valence-corrected chi connectivity index (χ1v) is 7.20. The van der Waals surface area contributed by atoms with E-state index in [0.717, 1.165) is 12.0 Å². The number of nitrogens with two attached hydrogens (primary N) is 1. The van der Waals surface area contributed by atoms with Crippen molar-refractivity contribution < 1.29 is 0 Å². The van der Waals surface area contributed by atoms with Crippen molar-refractivity contribution in [1.82, 2.24) is 4.98 Å². The molecule has 1 aromatic carbocycles. The van der Waals surface area contributed by atoms with Crippen molar-refractivity contribution in [3.05, 3.63) is 64.4 Å². The van der Waals surface area contributed by atoms with Crippen LogP contribution in [0, 0.1) is 0 Å². The highest BCUT2D eigenvalue weighted by molar-refractivity contribution is 6.31. The Hall–Kier alpha value is -1.38. The Labute approximate surface area is 126 Å². The van der Waals surface area contributed by atoms with E-state index in [1.54, 1.807) is 12.4 Å². The average Bonchev–Trinajstić information content (AvgIpc) is 2.38. The zero-order chi connectivity index (χ0) is 14.8. The van der Waals surface area contributed by atoms with Crippen LogP contribution in [0.2, 0.25) is 5.02 Å². The molecule has 1 aromatic heterocycles. The molecule has 20 heavy (non-hydrogen) atoms. The van der Waals surface area contributed by atoms with Crippen LogP contribution in [0.15, 0.2) is 42.7 Å². The summed E-state index contributed by atoms with van der Waals surface area (Å²) in [4.78, 5) is 3.99. The van der Waals surface area contributed by atoms with Crippen LogP contribution in [-0.4, -0.2) is 4.98 Å². The first-order valence-electron chi connectivity index (χ1n) is 6.82. The summed E-state index contributed by atoms with van der Waals surface area (Å²) in [7, 11) is 0. The van der Waals surface area contributed by atoms with Crippen LogP contribution in [0.25, 0.3) is 0 Å². The van der Waals surface area contributed by atoms with Crippen LogP contribution in [-0.2, 0) is 11.8 Å². The maximum absolute atomic E-state index is 6.24. The molecule has 0 saturated carbocycles.